The summed E-state index contributed by atoms with van der Waals surface area (Å²) in [6, 6.07) is 8.86. The lowest BCUT2D eigenvalue weighted by molar-refractivity contribution is -0.132. The van der Waals surface area contributed by atoms with Gasteiger partial charge in [0.05, 0.1) is 0 Å². The van der Waals surface area contributed by atoms with Crippen LogP contribution in [0.2, 0.25) is 0 Å². The van der Waals surface area contributed by atoms with Gasteiger partial charge in [0, 0.05) is 13.1 Å². The number of hydrogen-bond donors (Lipinski definition) is 1. The zero-order valence-corrected chi connectivity index (χ0v) is 10.3. The third-order valence-corrected chi connectivity index (χ3v) is 2.58. The molecule has 92 valence electrons. The van der Waals surface area contributed by atoms with Crippen LogP contribution in [0.3, 0.4) is 0 Å². The summed E-state index contributed by atoms with van der Waals surface area (Å²) < 4.78 is 0. The third-order valence-electron chi connectivity index (χ3n) is 2.58. The van der Waals surface area contributed by atoms with E-state index in [0.717, 1.165) is 12.0 Å². The molecule has 1 amide bonds. The van der Waals surface area contributed by atoms with E-state index >= 15 is 0 Å². The van der Waals surface area contributed by atoms with Crippen LogP contribution < -0.4 is 5.73 Å². The second-order valence-electron chi connectivity index (χ2n) is 3.96. The first-order valence-corrected chi connectivity index (χ1v) is 5.91. The van der Waals surface area contributed by atoms with E-state index in [4.69, 9.17) is 5.73 Å². The van der Waals surface area contributed by atoms with Gasteiger partial charge < -0.3 is 10.6 Å². The Morgan fingerprint density at radius 2 is 2.12 bits per heavy atom. The minimum Gasteiger partial charge on any atom is -0.337 e. The molecule has 2 N–H and O–H groups in total. The summed E-state index contributed by atoms with van der Waals surface area (Å²) >= 11 is 0. The number of benzene rings is 1. The van der Waals surface area contributed by atoms with E-state index in [1.807, 2.05) is 37.3 Å². The molecule has 0 aliphatic carbocycles. The normalized spacial score (nSPS) is 11.9. The molecule has 0 saturated heterocycles. The van der Waals surface area contributed by atoms with Gasteiger partial charge in [0.2, 0.25) is 5.91 Å². The molecule has 0 aliphatic heterocycles. The number of carbonyl (C=O) groups excluding carboxylic acids is 1. The minimum atomic E-state index is -0.581. The molecule has 0 aromatic heterocycles. The highest BCUT2D eigenvalue weighted by molar-refractivity contribution is 5.83. The lowest BCUT2D eigenvalue weighted by Gasteiger charge is -2.24. The molecule has 1 aromatic rings. The van der Waals surface area contributed by atoms with Crippen LogP contribution in [0.25, 0.3) is 0 Å². The Morgan fingerprint density at radius 1 is 1.47 bits per heavy atom. The molecular formula is C14H20N2O. The fourth-order valence-corrected chi connectivity index (χ4v) is 1.72. The molecule has 0 bridgehead atoms. The van der Waals surface area contributed by atoms with Crippen molar-refractivity contribution in [2.45, 2.75) is 19.4 Å². The maximum atomic E-state index is 12.2. The Labute approximate surface area is 103 Å². The molecule has 1 aromatic carbocycles. The molecule has 0 aliphatic rings. The standard InChI is InChI=1S/C14H20N2O/c1-3-10-16(11-4-2)14(17)13(15)12-8-6-5-7-9-12/h3,5-9,13H,1,4,10-11,15H2,2H3/t13-/m1/s1. The van der Waals surface area contributed by atoms with Gasteiger partial charge in [0.15, 0.2) is 0 Å². The van der Waals surface area contributed by atoms with E-state index in [1.165, 1.54) is 0 Å². The third kappa shape index (κ3) is 3.71. The van der Waals surface area contributed by atoms with Gasteiger partial charge in [-0.15, -0.1) is 6.58 Å². The number of hydrogen-bond acceptors (Lipinski definition) is 2. The highest BCUT2D eigenvalue weighted by Crippen LogP contribution is 2.13. The summed E-state index contributed by atoms with van der Waals surface area (Å²) in [5.41, 5.74) is 6.82. The Bertz CT molecular complexity index is 362. The van der Waals surface area contributed by atoms with Gasteiger partial charge in [-0.2, -0.15) is 0 Å². The number of amides is 1. The Morgan fingerprint density at radius 3 is 2.65 bits per heavy atom. The van der Waals surface area contributed by atoms with Crippen molar-refractivity contribution < 1.29 is 4.79 Å². The van der Waals surface area contributed by atoms with Gasteiger partial charge in [-0.05, 0) is 12.0 Å². The smallest absolute Gasteiger partial charge is 0.244 e. The van der Waals surface area contributed by atoms with Crippen molar-refractivity contribution in [1.29, 1.82) is 0 Å². The molecule has 17 heavy (non-hydrogen) atoms. The van der Waals surface area contributed by atoms with Crippen molar-refractivity contribution in [3.05, 3.63) is 48.6 Å². The summed E-state index contributed by atoms with van der Waals surface area (Å²) in [5.74, 6) is -0.0436. The highest BCUT2D eigenvalue weighted by atomic mass is 16.2. The van der Waals surface area contributed by atoms with Gasteiger partial charge in [-0.1, -0.05) is 43.3 Å². The lowest BCUT2D eigenvalue weighted by atomic mass is 10.1. The minimum absolute atomic E-state index is 0.0436. The van der Waals surface area contributed by atoms with Crippen LogP contribution in [0.15, 0.2) is 43.0 Å². The Balaban J connectivity index is 2.76. The van der Waals surface area contributed by atoms with E-state index in [0.29, 0.717) is 13.1 Å². The molecule has 0 unspecified atom stereocenters. The van der Waals surface area contributed by atoms with Crippen molar-refractivity contribution >= 4 is 5.91 Å². The van der Waals surface area contributed by atoms with Crippen LogP contribution in [0.1, 0.15) is 24.9 Å². The monoisotopic (exact) mass is 232 g/mol. The molecular weight excluding hydrogens is 212 g/mol. The Hall–Kier alpha value is -1.61. The summed E-state index contributed by atoms with van der Waals surface area (Å²) in [5, 5.41) is 0. The van der Waals surface area contributed by atoms with E-state index in [-0.39, 0.29) is 5.91 Å². The predicted octanol–water partition coefficient (Wildman–Crippen LogP) is 2.11. The van der Waals surface area contributed by atoms with Crippen LogP contribution in [0.5, 0.6) is 0 Å². The number of nitrogens with two attached hydrogens (primary N) is 1. The second-order valence-corrected chi connectivity index (χ2v) is 3.96. The number of nitrogens with zero attached hydrogens (tertiary/aromatic N) is 1. The second kappa shape index (κ2) is 6.86. The van der Waals surface area contributed by atoms with E-state index < -0.39 is 6.04 Å². The van der Waals surface area contributed by atoms with Crippen LogP contribution in [0.4, 0.5) is 0 Å². The van der Waals surface area contributed by atoms with E-state index in [9.17, 15) is 4.79 Å². The summed E-state index contributed by atoms with van der Waals surface area (Å²) in [6.45, 7) is 6.96. The topological polar surface area (TPSA) is 46.3 Å². The van der Waals surface area contributed by atoms with Gasteiger partial charge in [0.25, 0.3) is 0 Å². The van der Waals surface area contributed by atoms with Gasteiger partial charge in [-0.3, -0.25) is 4.79 Å². The summed E-state index contributed by atoms with van der Waals surface area (Å²) in [6.07, 6.45) is 2.65. The predicted molar refractivity (Wildman–Crippen MR) is 70.4 cm³/mol. The van der Waals surface area contributed by atoms with Crippen molar-refractivity contribution in [3.8, 4) is 0 Å². The zero-order chi connectivity index (χ0) is 12.7. The van der Waals surface area contributed by atoms with Crippen LogP contribution in [0, 0.1) is 0 Å². The quantitative estimate of drug-likeness (QED) is 0.764. The van der Waals surface area contributed by atoms with E-state index in [1.54, 1.807) is 11.0 Å². The molecule has 3 nitrogen and oxygen atoms in total. The molecule has 1 rings (SSSR count). The van der Waals surface area contributed by atoms with E-state index in [2.05, 4.69) is 6.58 Å². The van der Waals surface area contributed by atoms with Crippen LogP contribution in [-0.2, 0) is 4.79 Å². The first kappa shape index (κ1) is 13.5. The van der Waals surface area contributed by atoms with Crippen molar-refractivity contribution in [3.63, 3.8) is 0 Å². The maximum absolute atomic E-state index is 12.2. The van der Waals surface area contributed by atoms with Crippen molar-refractivity contribution in [2.24, 2.45) is 5.73 Å². The number of rotatable bonds is 6. The van der Waals surface area contributed by atoms with Crippen LogP contribution >= 0.6 is 0 Å². The van der Waals surface area contributed by atoms with Gasteiger partial charge in [-0.25, -0.2) is 0 Å². The molecule has 0 heterocycles. The maximum Gasteiger partial charge on any atom is 0.244 e. The van der Waals surface area contributed by atoms with Gasteiger partial charge >= 0.3 is 0 Å². The van der Waals surface area contributed by atoms with Gasteiger partial charge in [0.1, 0.15) is 6.04 Å². The zero-order valence-electron chi connectivity index (χ0n) is 10.3. The molecule has 3 heteroatoms. The fraction of sp³-hybridized carbons (Fsp3) is 0.357. The summed E-state index contributed by atoms with van der Waals surface area (Å²) in [4.78, 5) is 13.9. The molecule has 0 saturated carbocycles. The molecule has 0 fully saturated rings. The highest BCUT2D eigenvalue weighted by Gasteiger charge is 2.20. The van der Waals surface area contributed by atoms with Crippen molar-refractivity contribution in [1.82, 2.24) is 4.90 Å². The Kier molecular flexibility index (Phi) is 5.43. The number of carbonyl (C=O) groups is 1. The molecule has 0 radical (unpaired) electrons. The average molecular weight is 232 g/mol. The lowest BCUT2D eigenvalue weighted by Crippen LogP contribution is -2.39. The largest absolute Gasteiger partial charge is 0.337 e. The molecule has 1 atom stereocenters. The first-order valence-electron chi connectivity index (χ1n) is 5.91. The summed E-state index contributed by atoms with van der Waals surface area (Å²) in [7, 11) is 0. The fourth-order valence-electron chi connectivity index (χ4n) is 1.72. The van der Waals surface area contributed by atoms with Crippen LogP contribution in [-0.4, -0.2) is 23.9 Å². The molecule has 0 spiro atoms. The first-order chi connectivity index (χ1) is 8.20. The van der Waals surface area contributed by atoms with Crippen molar-refractivity contribution in [2.75, 3.05) is 13.1 Å². The SMILES string of the molecule is C=CCN(CCC)C(=O)[C@H](N)c1ccccc1. The average Bonchev–Trinajstić information content (AvgIpc) is 2.38.